The van der Waals surface area contributed by atoms with E-state index in [9.17, 15) is 4.79 Å². The van der Waals surface area contributed by atoms with Gasteiger partial charge < -0.3 is 10.2 Å². The summed E-state index contributed by atoms with van der Waals surface area (Å²) in [6.07, 6.45) is 0.445. The molecule has 0 spiro atoms. The molecule has 2 aromatic rings. The first-order chi connectivity index (χ1) is 11.2. The number of amides is 1. The van der Waals surface area contributed by atoms with Crippen molar-refractivity contribution in [1.82, 2.24) is 4.90 Å². The lowest BCUT2D eigenvalue weighted by Crippen LogP contribution is -2.31. The third-order valence-corrected chi connectivity index (χ3v) is 3.63. The lowest BCUT2D eigenvalue weighted by Gasteiger charge is -2.21. The Morgan fingerprint density at radius 3 is 2.43 bits per heavy atom. The molecule has 0 bridgehead atoms. The van der Waals surface area contributed by atoms with E-state index in [1.165, 1.54) is 0 Å². The van der Waals surface area contributed by atoms with Crippen LogP contribution in [0, 0.1) is 11.3 Å². The van der Waals surface area contributed by atoms with E-state index in [2.05, 4.69) is 11.4 Å². The van der Waals surface area contributed by atoms with Gasteiger partial charge in [0.2, 0.25) is 5.91 Å². The summed E-state index contributed by atoms with van der Waals surface area (Å²) in [5.74, 6) is 0.137. The van der Waals surface area contributed by atoms with Gasteiger partial charge in [0, 0.05) is 31.7 Å². The fourth-order valence-corrected chi connectivity index (χ4v) is 2.31. The van der Waals surface area contributed by atoms with E-state index in [1.807, 2.05) is 54.3 Å². The molecule has 0 fully saturated rings. The highest BCUT2D eigenvalue weighted by Gasteiger charge is 2.11. The van der Waals surface area contributed by atoms with Gasteiger partial charge in [-0.2, -0.15) is 5.26 Å². The number of nitriles is 1. The Labute approximate surface area is 137 Å². The van der Waals surface area contributed by atoms with Crippen molar-refractivity contribution in [1.29, 1.82) is 5.26 Å². The number of anilines is 1. The molecule has 0 unspecified atom stereocenters. The van der Waals surface area contributed by atoms with Crippen molar-refractivity contribution >= 4 is 11.6 Å². The van der Waals surface area contributed by atoms with Crippen molar-refractivity contribution < 1.29 is 4.79 Å². The van der Waals surface area contributed by atoms with Gasteiger partial charge in [0.1, 0.15) is 0 Å². The van der Waals surface area contributed by atoms with Crippen LogP contribution in [0.3, 0.4) is 0 Å². The summed E-state index contributed by atoms with van der Waals surface area (Å²) in [6, 6.07) is 19.3. The number of benzene rings is 2. The normalized spacial score (nSPS) is 9.91. The first-order valence-corrected chi connectivity index (χ1v) is 7.78. The zero-order valence-corrected chi connectivity index (χ0v) is 13.3. The van der Waals surface area contributed by atoms with Crippen LogP contribution in [-0.4, -0.2) is 23.9 Å². The van der Waals surface area contributed by atoms with Crippen molar-refractivity contribution in [3.8, 4) is 6.07 Å². The molecule has 0 saturated carbocycles. The van der Waals surface area contributed by atoms with Gasteiger partial charge >= 0.3 is 0 Å². The van der Waals surface area contributed by atoms with Gasteiger partial charge in [-0.1, -0.05) is 30.3 Å². The molecular formula is C19H21N3O. The van der Waals surface area contributed by atoms with E-state index in [4.69, 9.17) is 5.26 Å². The van der Waals surface area contributed by atoms with Crippen LogP contribution >= 0.6 is 0 Å². The Bertz CT molecular complexity index is 659. The molecule has 0 atom stereocenters. The van der Waals surface area contributed by atoms with Gasteiger partial charge in [-0.05, 0) is 36.8 Å². The van der Waals surface area contributed by atoms with Crippen LogP contribution in [0.4, 0.5) is 5.69 Å². The minimum atomic E-state index is 0.137. The minimum Gasteiger partial charge on any atom is -0.385 e. The Morgan fingerprint density at radius 1 is 1.13 bits per heavy atom. The second kappa shape index (κ2) is 8.60. The average Bonchev–Trinajstić information content (AvgIpc) is 2.61. The molecule has 4 nitrogen and oxygen atoms in total. The molecule has 0 aromatic heterocycles. The van der Waals surface area contributed by atoms with Crippen molar-refractivity contribution in [3.05, 3.63) is 65.7 Å². The maximum Gasteiger partial charge on any atom is 0.224 e. The zero-order chi connectivity index (χ0) is 16.5. The third kappa shape index (κ3) is 5.15. The smallest absolute Gasteiger partial charge is 0.224 e. The molecule has 0 aliphatic carbocycles. The Balaban J connectivity index is 1.81. The first-order valence-electron chi connectivity index (χ1n) is 7.78. The number of rotatable bonds is 7. The largest absolute Gasteiger partial charge is 0.385 e. The molecule has 2 aromatic carbocycles. The van der Waals surface area contributed by atoms with Crippen molar-refractivity contribution in [3.63, 3.8) is 0 Å². The minimum absolute atomic E-state index is 0.137. The maximum atomic E-state index is 12.3. The van der Waals surface area contributed by atoms with Crippen LogP contribution < -0.4 is 5.32 Å². The molecule has 1 N–H and O–H groups in total. The van der Waals surface area contributed by atoms with Crippen LogP contribution in [-0.2, 0) is 11.3 Å². The summed E-state index contributed by atoms with van der Waals surface area (Å²) in [5, 5.41) is 12.0. The predicted octanol–water partition coefficient (Wildman–Crippen LogP) is 3.41. The van der Waals surface area contributed by atoms with E-state index in [0.29, 0.717) is 31.6 Å². The summed E-state index contributed by atoms with van der Waals surface area (Å²) < 4.78 is 0. The summed E-state index contributed by atoms with van der Waals surface area (Å²) >= 11 is 0. The van der Waals surface area contributed by atoms with Crippen LogP contribution in [0.2, 0.25) is 0 Å². The van der Waals surface area contributed by atoms with Crippen LogP contribution in [0.5, 0.6) is 0 Å². The highest BCUT2D eigenvalue weighted by molar-refractivity contribution is 5.76. The molecule has 4 heteroatoms. The average molecular weight is 307 g/mol. The molecule has 0 heterocycles. The molecule has 0 aliphatic rings. The molecule has 118 valence electrons. The number of nitrogens with one attached hydrogen (secondary N) is 1. The second-order valence-electron chi connectivity index (χ2n) is 5.26. The van der Waals surface area contributed by atoms with Crippen LogP contribution in [0.1, 0.15) is 24.5 Å². The van der Waals surface area contributed by atoms with Gasteiger partial charge in [0.15, 0.2) is 0 Å². The molecule has 0 radical (unpaired) electrons. The molecule has 23 heavy (non-hydrogen) atoms. The Kier molecular flexibility index (Phi) is 6.19. The molecule has 2 rings (SSSR count). The van der Waals surface area contributed by atoms with Crippen LogP contribution in [0.25, 0.3) is 0 Å². The van der Waals surface area contributed by atoms with Crippen molar-refractivity contribution in [2.75, 3.05) is 18.4 Å². The monoisotopic (exact) mass is 307 g/mol. The van der Waals surface area contributed by atoms with E-state index in [-0.39, 0.29) is 5.91 Å². The second-order valence-corrected chi connectivity index (χ2v) is 5.26. The number of hydrogen-bond donors (Lipinski definition) is 1. The number of carbonyl (C=O) groups is 1. The van der Waals surface area contributed by atoms with Crippen molar-refractivity contribution in [2.24, 2.45) is 0 Å². The van der Waals surface area contributed by atoms with Gasteiger partial charge in [0.05, 0.1) is 11.6 Å². The first kappa shape index (κ1) is 16.6. The maximum absolute atomic E-state index is 12.3. The van der Waals surface area contributed by atoms with E-state index in [0.717, 1.165) is 11.3 Å². The predicted molar refractivity (Wildman–Crippen MR) is 91.8 cm³/mol. The summed E-state index contributed by atoms with van der Waals surface area (Å²) in [6.45, 7) is 3.92. The number of hydrogen-bond acceptors (Lipinski definition) is 3. The van der Waals surface area contributed by atoms with E-state index < -0.39 is 0 Å². The van der Waals surface area contributed by atoms with Gasteiger partial charge in [-0.3, -0.25) is 4.79 Å². The molecular weight excluding hydrogens is 286 g/mol. The third-order valence-electron chi connectivity index (χ3n) is 3.63. The Hall–Kier alpha value is -2.80. The molecule has 1 amide bonds. The van der Waals surface area contributed by atoms with Gasteiger partial charge in [-0.15, -0.1) is 0 Å². The zero-order valence-electron chi connectivity index (χ0n) is 13.3. The molecule has 0 saturated heterocycles. The summed E-state index contributed by atoms with van der Waals surface area (Å²) in [5.41, 5.74) is 2.69. The standard InChI is InChI=1S/C19H21N3O/c1-2-22(15-17-6-4-3-5-7-17)19(23)12-13-21-18-10-8-16(14-20)9-11-18/h3-11,21H,2,12-13,15H2,1H3. The highest BCUT2D eigenvalue weighted by atomic mass is 16.2. The Morgan fingerprint density at radius 2 is 1.83 bits per heavy atom. The fraction of sp³-hybridized carbons (Fsp3) is 0.263. The lowest BCUT2D eigenvalue weighted by atomic mass is 10.2. The van der Waals surface area contributed by atoms with Crippen LogP contribution in [0.15, 0.2) is 54.6 Å². The topological polar surface area (TPSA) is 56.1 Å². The van der Waals surface area contributed by atoms with Crippen molar-refractivity contribution in [2.45, 2.75) is 19.9 Å². The van der Waals surface area contributed by atoms with E-state index >= 15 is 0 Å². The quantitative estimate of drug-likeness (QED) is 0.853. The van der Waals surface area contributed by atoms with Gasteiger partial charge in [0.25, 0.3) is 0 Å². The molecule has 0 aliphatic heterocycles. The van der Waals surface area contributed by atoms with Gasteiger partial charge in [-0.25, -0.2) is 0 Å². The fourth-order valence-electron chi connectivity index (χ4n) is 2.31. The SMILES string of the molecule is CCN(Cc1ccccc1)C(=O)CCNc1ccc(C#N)cc1. The number of carbonyl (C=O) groups excluding carboxylic acids is 1. The lowest BCUT2D eigenvalue weighted by molar-refractivity contribution is -0.131. The number of nitrogens with zero attached hydrogens (tertiary/aromatic N) is 2. The highest BCUT2D eigenvalue weighted by Crippen LogP contribution is 2.10. The summed E-state index contributed by atoms with van der Waals surface area (Å²) in [7, 11) is 0. The van der Waals surface area contributed by atoms with E-state index in [1.54, 1.807) is 12.1 Å². The summed E-state index contributed by atoms with van der Waals surface area (Å²) in [4.78, 5) is 14.2.